The number of nitrogens with zero attached hydrogens (tertiary/aromatic N) is 2. The first kappa shape index (κ1) is 32.8. The van der Waals surface area contributed by atoms with Crippen molar-refractivity contribution in [1.29, 1.82) is 0 Å². The van der Waals surface area contributed by atoms with E-state index in [-0.39, 0.29) is 0 Å². The summed E-state index contributed by atoms with van der Waals surface area (Å²) in [6.07, 6.45) is 7.73. The van der Waals surface area contributed by atoms with Crippen LogP contribution in [0.2, 0.25) is 0 Å². The minimum Gasteiger partial charge on any atom is -0.508 e. The quantitative estimate of drug-likeness (QED) is 0.140. The maximum Gasteiger partial charge on any atom is 0.337 e. The van der Waals surface area contributed by atoms with E-state index in [2.05, 4.69) is 11.9 Å². The number of hydrogen-bond donors (Lipinski definition) is 2. The Morgan fingerprint density at radius 3 is 2.21 bits per heavy atom. The van der Waals surface area contributed by atoms with Crippen molar-refractivity contribution in [3.63, 3.8) is 0 Å². The largest absolute Gasteiger partial charge is 0.508 e. The summed E-state index contributed by atoms with van der Waals surface area (Å²) in [6, 6.07) is 34.9. The molecule has 47 heavy (non-hydrogen) atoms. The van der Waals surface area contributed by atoms with Crippen molar-refractivity contribution in [2.45, 2.75) is 46.0 Å². The van der Waals surface area contributed by atoms with Crippen LogP contribution in [-0.2, 0) is 25.7 Å². The molecule has 4 aromatic carbocycles. The minimum absolute atomic E-state index is 0.328. The molecular formula is C40H40N2O5. The molecule has 0 radical (unpaired) electrons. The van der Waals surface area contributed by atoms with E-state index < -0.39 is 5.97 Å². The number of aromatic carboxylic acids is 1. The summed E-state index contributed by atoms with van der Waals surface area (Å²) in [5.74, 6) is 1.65. The second-order valence-electron chi connectivity index (χ2n) is 11.3. The molecule has 6 aromatic rings. The van der Waals surface area contributed by atoms with Crippen molar-refractivity contribution in [2.24, 2.45) is 0 Å². The molecule has 0 unspecified atom stereocenters. The lowest BCUT2D eigenvalue weighted by Gasteiger charge is -2.08. The van der Waals surface area contributed by atoms with Crippen LogP contribution in [0.15, 0.2) is 126 Å². The highest BCUT2D eigenvalue weighted by Crippen LogP contribution is 2.23. The fraction of sp³-hybridized carbons (Fsp3) is 0.200. The van der Waals surface area contributed by atoms with Gasteiger partial charge in [-0.3, -0.25) is 0 Å². The van der Waals surface area contributed by atoms with Gasteiger partial charge in [-0.05, 0) is 91.4 Å². The van der Waals surface area contributed by atoms with Crippen molar-refractivity contribution in [3.05, 3.63) is 155 Å². The molecule has 0 aliphatic carbocycles. The molecule has 7 heteroatoms. The van der Waals surface area contributed by atoms with Crippen molar-refractivity contribution >= 4 is 5.97 Å². The van der Waals surface area contributed by atoms with E-state index in [9.17, 15) is 9.90 Å². The van der Waals surface area contributed by atoms with E-state index in [4.69, 9.17) is 14.3 Å². The second-order valence-corrected chi connectivity index (χ2v) is 11.3. The summed E-state index contributed by atoms with van der Waals surface area (Å²) >= 11 is 0. The molecule has 0 bridgehead atoms. The highest BCUT2D eigenvalue weighted by Gasteiger charge is 2.15. The predicted octanol–water partition coefficient (Wildman–Crippen LogP) is 8.89. The average molecular weight is 629 g/mol. The Labute approximate surface area is 275 Å². The number of carboxylic acid groups (broad SMARTS) is 1. The van der Waals surface area contributed by atoms with Crippen LogP contribution >= 0.6 is 0 Å². The number of aromatic hydroxyl groups is 1. The van der Waals surface area contributed by atoms with Gasteiger partial charge in [0.05, 0.1) is 17.9 Å². The van der Waals surface area contributed by atoms with Gasteiger partial charge in [0.25, 0.3) is 0 Å². The molecule has 240 valence electrons. The Bertz CT molecular complexity index is 1880. The Kier molecular flexibility index (Phi) is 11.3. The van der Waals surface area contributed by atoms with Gasteiger partial charge in [-0.25, -0.2) is 9.78 Å². The molecule has 0 saturated carbocycles. The number of ether oxygens (including phenoxy) is 1. The lowest BCUT2D eigenvalue weighted by molar-refractivity contribution is 0.0696. The predicted molar refractivity (Wildman–Crippen MR) is 185 cm³/mol. The Hall–Kier alpha value is -5.56. The van der Waals surface area contributed by atoms with E-state index in [0.29, 0.717) is 43.1 Å². The Balaban J connectivity index is 0.000000371. The first-order valence-electron chi connectivity index (χ1n) is 15.9. The number of aryl methyl sites for hydroxylation is 4. The van der Waals surface area contributed by atoms with E-state index in [1.807, 2.05) is 121 Å². The number of carboxylic acids is 1. The van der Waals surface area contributed by atoms with Gasteiger partial charge in [0.1, 0.15) is 17.3 Å². The van der Waals surface area contributed by atoms with E-state index in [1.54, 1.807) is 12.3 Å². The number of oxazole rings is 1. The van der Waals surface area contributed by atoms with Crippen molar-refractivity contribution < 1.29 is 24.2 Å². The van der Waals surface area contributed by atoms with E-state index >= 15 is 0 Å². The maximum atomic E-state index is 11.8. The number of phenolic OH excluding ortho intramolecular Hbond substituents is 1. The zero-order chi connectivity index (χ0) is 33.0. The Morgan fingerprint density at radius 2 is 1.51 bits per heavy atom. The SMILES string of the molecule is CCCc1cccc(O)c1.Cc1oc(-c2ccccc2)nc1CCOc1cccc(CCc2cn(-c3ccccc3)cc2C(=O)O)c1. The molecule has 0 aliphatic rings. The third-order valence-corrected chi connectivity index (χ3v) is 7.75. The molecule has 6 rings (SSSR count). The molecule has 2 heterocycles. The topological polar surface area (TPSA) is 97.7 Å². The highest BCUT2D eigenvalue weighted by molar-refractivity contribution is 5.89. The van der Waals surface area contributed by atoms with Gasteiger partial charge in [-0.1, -0.05) is 74.0 Å². The monoisotopic (exact) mass is 628 g/mol. The fourth-order valence-corrected chi connectivity index (χ4v) is 5.34. The van der Waals surface area contributed by atoms with Crippen LogP contribution in [0.5, 0.6) is 11.5 Å². The summed E-state index contributed by atoms with van der Waals surface area (Å²) in [6.45, 7) is 4.53. The van der Waals surface area contributed by atoms with E-state index in [1.165, 1.54) is 5.56 Å². The number of hydrogen-bond acceptors (Lipinski definition) is 5. The first-order valence-corrected chi connectivity index (χ1v) is 15.9. The van der Waals surface area contributed by atoms with Crippen LogP contribution in [0.3, 0.4) is 0 Å². The van der Waals surface area contributed by atoms with Crippen LogP contribution in [0, 0.1) is 6.92 Å². The first-order chi connectivity index (χ1) is 22.9. The molecule has 7 nitrogen and oxygen atoms in total. The third-order valence-electron chi connectivity index (χ3n) is 7.75. The van der Waals surface area contributed by atoms with Crippen LogP contribution in [0.4, 0.5) is 0 Å². The lowest BCUT2D eigenvalue weighted by Crippen LogP contribution is -2.03. The van der Waals surface area contributed by atoms with Gasteiger partial charge in [0.2, 0.25) is 5.89 Å². The van der Waals surface area contributed by atoms with Crippen LogP contribution in [0.1, 0.15) is 51.8 Å². The van der Waals surface area contributed by atoms with Gasteiger partial charge in [0.15, 0.2) is 0 Å². The number of rotatable bonds is 12. The third kappa shape index (κ3) is 9.23. The van der Waals surface area contributed by atoms with Crippen molar-refractivity contribution in [2.75, 3.05) is 6.61 Å². The number of benzene rings is 4. The normalized spacial score (nSPS) is 10.7. The summed E-state index contributed by atoms with van der Waals surface area (Å²) in [5, 5.41) is 18.7. The van der Waals surface area contributed by atoms with Gasteiger partial charge in [-0.15, -0.1) is 0 Å². The summed E-state index contributed by atoms with van der Waals surface area (Å²) in [7, 11) is 0. The molecule has 0 saturated heterocycles. The van der Waals surface area contributed by atoms with Crippen LogP contribution < -0.4 is 4.74 Å². The molecule has 0 amide bonds. The minimum atomic E-state index is -0.916. The van der Waals surface area contributed by atoms with Gasteiger partial charge >= 0.3 is 5.97 Å². The standard InChI is InChI=1S/C31H28N2O4.C9H12O/c1-22-29(32-30(37-22)24-10-4-2-5-11-24)17-18-36-27-14-8-9-23(19-27)15-16-25-20-33(21-28(25)31(34)35)26-12-6-3-7-13-26;1-2-4-8-5-3-6-9(10)7-8/h2-14,19-21H,15-18H2,1H3,(H,34,35);3,5-7,10H,2,4H2,1H3. The van der Waals surface area contributed by atoms with Gasteiger partial charge < -0.3 is 23.9 Å². The van der Waals surface area contributed by atoms with Crippen LogP contribution in [-0.4, -0.2) is 32.3 Å². The van der Waals surface area contributed by atoms with Crippen LogP contribution in [0.25, 0.3) is 17.1 Å². The smallest absolute Gasteiger partial charge is 0.337 e. The number of aromatic nitrogens is 2. The van der Waals surface area contributed by atoms with E-state index in [0.717, 1.165) is 52.4 Å². The van der Waals surface area contributed by atoms with Crippen molar-refractivity contribution in [3.8, 4) is 28.6 Å². The molecule has 0 atom stereocenters. The zero-order valence-electron chi connectivity index (χ0n) is 26.8. The molecular weight excluding hydrogens is 588 g/mol. The summed E-state index contributed by atoms with van der Waals surface area (Å²) in [4.78, 5) is 16.5. The number of para-hydroxylation sites is 1. The molecule has 2 aromatic heterocycles. The zero-order valence-corrected chi connectivity index (χ0v) is 26.8. The Morgan fingerprint density at radius 1 is 0.809 bits per heavy atom. The number of carbonyl (C=O) groups is 1. The lowest BCUT2D eigenvalue weighted by atomic mass is 10.0. The molecule has 2 N–H and O–H groups in total. The average Bonchev–Trinajstić information content (AvgIpc) is 3.69. The summed E-state index contributed by atoms with van der Waals surface area (Å²) in [5.41, 5.74) is 6.21. The summed E-state index contributed by atoms with van der Waals surface area (Å²) < 4.78 is 13.7. The molecule has 0 fully saturated rings. The number of phenols is 1. The second kappa shape index (κ2) is 16.1. The highest BCUT2D eigenvalue weighted by atomic mass is 16.5. The van der Waals surface area contributed by atoms with Crippen molar-refractivity contribution in [1.82, 2.24) is 9.55 Å². The molecule has 0 spiro atoms. The van der Waals surface area contributed by atoms with Gasteiger partial charge in [0, 0.05) is 30.1 Å². The molecule has 0 aliphatic heterocycles. The van der Waals surface area contributed by atoms with Gasteiger partial charge in [-0.2, -0.15) is 0 Å². The fourth-order valence-electron chi connectivity index (χ4n) is 5.34. The maximum absolute atomic E-state index is 11.8.